The largest absolute Gasteiger partial charge is 0.496 e. The molecule has 2 aromatic carbocycles. The molecule has 120 valence electrons. The average molecular weight is 311 g/mol. The quantitative estimate of drug-likeness (QED) is 0.602. The Kier molecular flexibility index (Phi) is 6.88. The van der Waals surface area contributed by atoms with E-state index in [-0.39, 0.29) is 5.91 Å². The fourth-order valence-corrected chi connectivity index (χ4v) is 2.04. The van der Waals surface area contributed by atoms with Gasteiger partial charge >= 0.3 is 0 Å². The number of carbonyl (C=O) groups is 1. The van der Waals surface area contributed by atoms with Gasteiger partial charge < -0.3 is 14.8 Å². The van der Waals surface area contributed by atoms with Crippen LogP contribution in [0.15, 0.2) is 60.7 Å². The maximum absolute atomic E-state index is 11.8. The summed E-state index contributed by atoms with van der Waals surface area (Å²) in [7, 11) is 1.61. The lowest BCUT2D eigenvalue weighted by Gasteiger charge is -2.05. The van der Waals surface area contributed by atoms with E-state index in [2.05, 4.69) is 5.32 Å². The van der Waals surface area contributed by atoms with Gasteiger partial charge in [-0.2, -0.15) is 0 Å². The summed E-state index contributed by atoms with van der Waals surface area (Å²) in [5, 5.41) is 2.79. The zero-order valence-corrected chi connectivity index (χ0v) is 13.2. The van der Waals surface area contributed by atoms with Crippen LogP contribution in [0.4, 0.5) is 0 Å². The van der Waals surface area contributed by atoms with Crippen molar-refractivity contribution in [2.75, 3.05) is 20.3 Å². The van der Waals surface area contributed by atoms with Crippen molar-refractivity contribution in [3.8, 4) is 5.75 Å². The first-order chi connectivity index (χ1) is 11.3. The summed E-state index contributed by atoms with van der Waals surface area (Å²) in [6.07, 6.45) is 3.23. The van der Waals surface area contributed by atoms with Crippen LogP contribution in [0.3, 0.4) is 0 Å². The van der Waals surface area contributed by atoms with E-state index in [1.807, 2.05) is 54.6 Å². The number of para-hydroxylation sites is 1. The molecule has 2 aromatic rings. The summed E-state index contributed by atoms with van der Waals surface area (Å²) in [5.74, 6) is 0.585. The van der Waals surface area contributed by atoms with Gasteiger partial charge in [0.25, 0.3) is 0 Å². The van der Waals surface area contributed by atoms with E-state index in [9.17, 15) is 4.79 Å². The molecular formula is C19H21NO3. The molecule has 0 heterocycles. The second-order valence-corrected chi connectivity index (χ2v) is 4.90. The first kappa shape index (κ1) is 16.8. The molecule has 0 aliphatic carbocycles. The van der Waals surface area contributed by atoms with Crippen molar-refractivity contribution in [1.82, 2.24) is 5.32 Å². The summed E-state index contributed by atoms with van der Waals surface area (Å²) in [5.41, 5.74) is 1.99. The fourth-order valence-electron chi connectivity index (χ4n) is 2.04. The van der Waals surface area contributed by atoms with Crippen molar-refractivity contribution in [3.63, 3.8) is 0 Å². The number of nitrogens with one attached hydrogen (secondary N) is 1. The Balaban J connectivity index is 1.68. The summed E-state index contributed by atoms with van der Waals surface area (Å²) < 4.78 is 10.7. The predicted octanol–water partition coefficient (Wildman–Crippen LogP) is 3.04. The Bertz CT molecular complexity index is 638. The molecule has 0 bridgehead atoms. The molecule has 0 fully saturated rings. The number of rotatable bonds is 8. The predicted molar refractivity (Wildman–Crippen MR) is 91.1 cm³/mol. The lowest BCUT2D eigenvalue weighted by Crippen LogP contribution is -2.25. The standard InChI is InChI=1S/C19H21NO3/c1-22-18-10-6-5-9-17(18)11-12-19(21)20-13-14-23-15-16-7-3-2-4-8-16/h2-12H,13-15H2,1H3,(H,20,21)/b12-11+. The van der Waals surface area contributed by atoms with E-state index in [4.69, 9.17) is 9.47 Å². The van der Waals surface area contributed by atoms with Crippen LogP contribution in [-0.4, -0.2) is 26.2 Å². The minimum atomic E-state index is -0.154. The molecule has 0 unspecified atom stereocenters. The van der Waals surface area contributed by atoms with Crippen LogP contribution in [-0.2, 0) is 16.1 Å². The van der Waals surface area contributed by atoms with Gasteiger partial charge in [-0.25, -0.2) is 0 Å². The van der Waals surface area contributed by atoms with Gasteiger partial charge in [0.1, 0.15) is 5.75 Å². The van der Waals surface area contributed by atoms with Gasteiger partial charge in [0.05, 0.1) is 20.3 Å². The smallest absolute Gasteiger partial charge is 0.244 e. The SMILES string of the molecule is COc1ccccc1/C=C/C(=O)NCCOCc1ccccc1. The maximum atomic E-state index is 11.8. The molecule has 0 radical (unpaired) electrons. The van der Waals surface area contributed by atoms with Crippen molar-refractivity contribution in [2.45, 2.75) is 6.61 Å². The van der Waals surface area contributed by atoms with Gasteiger partial charge in [0.15, 0.2) is 0 Å². The van der Waals surface area contributed by atoms with Crippen LogP contribution in [0.1, 0.15) is 11.1 Å². The Morgan fingerprint density at radius 3 is 2.61 bits per heavy atom. The Hall–Kier alpha value is -2.59. The van der Waals surface area contributed by atoms with E-state index in [0.717, 1.165) is 16.9 Å². The van der Waals surface area contributed by atoms with E-state index < -0.39 is 0 Å². The molecule has 0 aliphatic heterocycles. The average Bonchev–Trinajstić information content (AvgIpc) is 2.60. The van der Waals surface area contributed by atoms with Crippen molar-refractivity contribution in [3.05, 3.63) is 71.8 Å². The highest BCUT2D eigenvalue weighted by atomic mass is 16.5. The number of amides is 1. The molecule has 4 heteroatoms. The second-order valence-electron chi connectivity index (χ2n) is 4.90. The molecule has 0 spiro atoms. The second kappa shape index (κ2) is 9.43. The van der Waals surface area contributed by atoms with Gasteiger partial charge in [-0.1, -0.05) is 48.5 Å². The summed E-state index contributed by atoms with van der Waals surface area (Å²) >= 11 is 0. The zero-order chi connectivity index (χ0) is 16.3. The molecule has 0 saturated heterocycles. The van der Waals surface area contributed by atoms with Crippen LogP contribution in [0.25, 0.3) is 6.08 Å². The fraction of sp³-hybridized carbons (Fsp3) is 0.211. The Morgan fingerprint density at radius 2 is 1.83 bits per heavy atom. The van der Waals surface area contributed by atoms with Crippen molar-refractivity contribution in [1.29, 1.82) is 0 Å². The van der Waals surface area contributed by atoms with E-state index in [1.165, 1.54) is 6.08 Å². The molecule has 2 rings (SSSR count). The third kappa shape index (κ3) is 5.96. The molecular weight excluding hydrogens is 290 g/mol. The van der Waals surface area contributed by atoms with Gasteiger partial charge in [0.2, 0.25) is 5.91 Å². The van der Waals surface area contributed by atoms with Gasteiger partial charge in [-0.05, 0) is 17.7 Å². The number of ether oxygens (including phenoxy) is 2. The van der Waals surface area contributed by atoms with Gasteiger partial charge in [0, 0.05) is 18.2 Å². The molecule has 1 N–H and O–H groups in total. The molecule has 0 saturated carbocycles. The van der Waals surface area contributed by atoms with E-state index in [1.54, 1.807) is 13.2 Å². The first-order valence-corrected chi connectivity index (χ1v) is 7.50. The molecule has 1 amide bonds. The number of hydrogen-bond acceptors (Lipinski definition) is 3. The molecule has 0 aromatic heterocycles. The van der Waals surface area contributed by atoms with Crippen LogP contribution >= 0.6 is 0 Å². The number of benzene rings is 2. The highest BCUT2D eigenvalue weighted by Gasteiger charge is 1.99. The van der Waals surface area contributed by atoms with Crippen LogP contribution in [0.5, 0.6) is 5.75 Å². The number of hydrogen-bond donors (Lipinski definition) is 1. The lowest BCUT2D eigenvalue weighted by atomic mass is 10.2. The van der Waals surface area contributed by atoms with Gasteiger partial charge in [-0.15, -0.1) is 0 Å². The van der Waals surface area contributed by atoms with Crippen LogP contribution < -0.4 is 10.1 Å². The van der Waals surface area contributed by atoms with Crippen LogP contribution in [0.2, 0.25) is 0 Å². The lowest BCUT2D eigenvalue weighted by molar-refractivity contribution is -0.116. The minimum Gasteiger partial charge on any atom is -0.496 e. The zero-order valence-electron chi connectivity index (χ0n) is 13.2. The van der Waals surface area contributed by atoms with Crippen LogP contribution in [0, 0.1) is 0 Å². The van der Waals surface area contributed by atoms with Crippen molar-refractivity contribution >= 4 is 12.0 Å². The molecule has 23 heavy (non-hydrogen) atoms. The Labute approximate surface area is 136 Å². The molecule has 0 atom stereocenters. The van der Waals surface area contributed by atoms with E-state index >= 15 is 0 Å². The summed E-state index contributed by atoms with van der Waals surface area (Å²) in [6.45, 7) is 1.50. The topological polar surface area (TPSA) is 47.6 Å². The third-order valence-corrected chi connectivity index (χ3v) is 3.21. The van der Waals surface area contributed by atoms with E-state index in [0.29, 0.717) is 19.8 Å². The Morgan fingerprint density at radius 1 is 1.09 bits per heavy atom. The summed E-state index contributed by atoms with van der Waals surface area (Å²) in [4.78, 5) is 11.8. The monoisotopic (exact) mass is 311 g/mol. The molecule has 4 nitrogen and oxygen atoms in total. The third-order valence-electron chi connectivity index (χ3n) is 3.21. The minimum absolute atomic E-state index is 0.154. The highest BCUT2D eigenvalue weighted by Crippen LogP contribution is 2.18. The van der Waals surface area contributed by atoms with Crippen molar-refractivity contribution < 1.29 is 14.3 Å². The highest BCUT2D eigenvalue weighted by molar-refractivity contribution is 5.92. The number of methoxy groups -OCH3 is 1. The van der Waals surface area contributed by atoms with Gasteiger partial charge in [-0.3, -0.25) is 4.79 Å². The normalized spacial score (nSPS) is 10.7. The summed E-state index contributed by atoms with van der Waals surface area (Å²) in [6, 6.07) is 17.5. The molecule has 0 aliphatic rings. The van der Waals surface area contributed by atoms with Crippen molar-refractivity contribution in [2.24, 2.45) is 0 Å². The maximum Gasteiger partial charge on any atom is 0.244 e. The first-order valence-electron chi connectivity index (χ1n) is 7.50. The number of carbonyl (C=O) groups excluding carboxylic acids is 1.